The molecule has 0 aliphatic rings. The highest BCUT2D eigenvalue weighted by Crippen LogP contribution is 2.30. The molecular weight excluding hydrogens is 263 g/mol. The van der Waals surface area contributed by atoms with Crippen LogP contribution in [0.15, 0.2) is 18.2 Å². The van der Waals surface area contributed by atoms with Gasteiger partial charge >= 0.3 is 6.18 Å². The number of rotatable bonds is 5. The first-order valence-electron chi connectivity index (χ1n) is 5.56. The third-order valence-electron chi connectivity index (χ3n) is 2.49. The molecule has 1 aromatic carbocycles. The second-order valence-corrected chi connectivity index (χ2v) is 4.07. The Kier molecular flexibility index (Phi) is 5.02. The predicted molar refractivity (Wildman–Crippen MR) is 63.2 cm³/mol. The van der Waals surface area contributed by atoms with Crippen molar-refractivity contribution in [2.75, 3.05) is 13.7 Å². The van der Waals surface area contributed by atoms with E-state index in [2.05, 4.69) is 0 Å². The topological polar surface area (TPSA) is 64.7 Å². The van der Waals surface area contributed by atoms with Crippen LogP contribution >= 0.6 is 0 Å². The second kappa shape index (κ2) is 6.12. The van der Waals surface area contributed by atoms with Gasteiger partial charge in [0, 0.05) is 6.04 Å². The predicted octanol–water partition coefficient (Wildman–Crippen LogP) is 2.02. The van der Waals surface area contributed by atoms with Gasteiger partial charge in [-0.3, -0.25) is 0 Å². The van der Waals surface area contributed by atoms with Crippen molar-refractivity contribution in [3.05, 3.63) is 23.8 Å². The monoisotopic (exact) mass is 279 g/mol. The van der Waals surface area contributed by atoms with Crippen LogP contribution in [0, 0.1) is 0 Å². The first-order chi connectivity index (χ1) is 8.75. The van der Waals surface area contributed by atoms with Gasteiger partial charge in [-0.15, -0.1) is 0 Å². The first kappa shape index (κ1) is 15.6. The molecule has 0 radical (unpaired) electrons. The van der Waals surface area contributed by atoms with Crippen molar-refractivity contribution in [1.29, 1.82) is 0 Å². The summed E-state index contributed by atoms with van der Waals surface area (Å²) >= 11 is 0. The van der Waals surface area contributed by atoms with Crippen LogP contribution in [-0.4, -0.2) is 31.1 Å². The highest BCUT2D eigenvalue weighted by Gasteiger charge is 2.38. The van der Waals surface area contributed by atoms with Gasteiger partial charge < -0.3 is 20.3 Å². The molecule has 0 fully saturated rings. The largest absolute Gasteiger partial charge is 0.493 e. The average Bonchev–Trinajstić information content (AvgIpc) is 2.34. The summed E-state index contributed by atoms with van der Waals surface area (Å²) in [5.41, 5.74) is 6.45. The number of aliphatic hydroxyl groups is 1. The Bertz CT molecular complexity index is 421. The minimum Gasteiger partial charge on any atom is -0.493 e. The molecule has 3 N–H and O–H groups in total. The van der Waals surface area contributed by atoms with E-state index < -0.39 is 18.9 Å². The second-order valence-electron chi connectivity index (χ2n) is 4.07. The highest BCUT2D eigenvalue weighted by atomic mass is 19.4. The highest BCUT2D eigenvalue weighted by molar-refractivity contribution is 5.43. The number of hydrogen-bond donors (Lipinski definition) is 2. The summed E-state index contributed by atoms with van der Waals surface area (Å²) in [7, 11) is 1.37. The van der Waals surface area contributed by atoms with Crippen LogP contribution in [0.1, 0.15) is 18.5 Å². The molecule has 0 saturated carbocycles. The van der Waals surface area contributed by atoms with E-state index in [0.29, 0.717) is 0 Å². The van der Waals surface area contributed by atoms with Crippen LogP contribution in [0.25, 0.3) is 0 Å². The van der Waals surface area contributed by atoms with E-state index >= 15 is 0 Å². The molecule has 0 heterocycles. The molecular formula is C12H16F3NO3. The lowest BCUT2D eigenvalue weighted by Crippen LogP contribution is -2.34. The van der Waals surface area contributed by atoms with Crippen molar-refractivity contribution in [2.45, 2.75) is 25.2 Å². The van der Waals surface area contributed by atoms with Gasteiger partial charge in [-0.25, -0.2) is 0 Å². The van der Waals surface area contributed by atoms with Gasteiger partial charge in [0.15, 0.2) is 17.6 Å². The smallest absolute Gasteiger partial charge is 0.417 e. The van der Waals surface area contributed by atoms with Gasteiger partial charge in [0.1, 0.15) is 6.61 Å². The van der Waals surface area contributed by atoms with Crippen LogP contribution in [0.5, 0.6) is 11.5 Å². The van der Waals surface area contributed by atoms with E-state index in [9.17, 15) is 13.2 Å². The van der Waals surface area contributed by atoms with E-state index in [-0.39, 0.29) is 17.5 Å². The van der Waals surface area contributed by atoms with E-state index in [4.69, 9.17) is 20.3 Å². The quantitative estimate of drug-likeness (QED) is 0.865. The molecule has 0 aromatic heterocycles. The van der Waals surface area contributed by atoms with Crippen molar-refractivity contribution >= 4 is 0 Å². The average molecular weight is 279 g/mol. The number of aliphatic hydroxyl groups excluding tert-OH is 1. The molecule has 2 atom stereocenters. The Balaban J connectivity index is 2.79. The Morgan fingerprint density at radius 1 is 1.32 bits per heavy atom. The van der Waals surface area contributed by atoms with Gasteiger partial charge in [0.25, 0.3) is 0 Å². The Labute approximate surface area is 108 Å². The lowest BCUT2D eigenvalue weighted by molar-refractivity contribution is -0.210. The Morgan fingerprint density at radius 2 is 1.95 bits per heavy atom. The zero-order chi connectivity index (χ0) is 14.6. The summed E-state index contributed by atoms with van der Waals surface area (Å²) in [4.78, 5) is 0. The maximum Gasteiger partial charge on any atom is 0.417 e. The number of hydrogen-bond acceptors (Lipinski definition) is 4. The van der Waals surface area contributed by atoms with E-state index in [1.807, 2.05) is 0 Å². The minimum absolute atomic E-state index is 0.121. The van der Waals surface area contributed by atoms with Crippen molar-refractivity contribution in [1.82, 2.24) is 0 Å². The van der Waals surface area contributed by atoms with Gasteiger partial charge in [-0.05, 0) is 24.6 Å². The third kappa shape index (κ3) is 4.29. The number of alkyl halides is 3. The molecule has 1 rings (SSSR count). The molecule has 0 spiro atoms. The fourth-order valence-electron chi connectivity index (χ4n) is 1.35. The maximum atomic E-state index is 12.1. The van der Waals surface area contributed by atoms with E-state index in [1.165, 1.54) is 13.2 Å². The van der Waals surface area contributed by atoms with Crippen molar-refractivity contribution in [3.63, 3.8) is 0 Å². The standard InChI is InChI=1S/C12H16F3NO3/c1-7(16)8-3-4-9(10(5-8)18-2)19-6-11(17)12(13,14)15/h3-5,7,11,17H,6,16H2,1-2H3. The van der Waals surface area contributed by atoms with Gasteiger partial charge in [-0.1, -0.05) is 6.07 Å². The number of ether oxygens (including phenoxy) is 2. The summed E-state index contributed by atoms with van der Waals surface area (Å²) < 4.78 is 46.3. The van der Waals surface area contributed by atoms with Crippen molar-refractivity contribution < 1.29 is 27.8 Å². The molecule has 0 aliphatic heterocycles. The molecule has 0 amide bonds. The maximum absolute atomic E-state index is 12.1. The molecule has 1 aromatic rings. The lowest BCUT2D eigenvalue weighted by Gasteiger charge is -2.17. The van der Waals surface area contributed by atoms with E-state index in [0.717, 1.165) is 5.56 Å². The summed E-state index contributed by atoms with van der Waals surface area (Å²) in [6.45, 7) is 0.875. The SMILES string of the molecule is COc1cc(C(C)N)ccc1OCC(O)C(F)(F)F. The van der Waals surface area contributed by atoms with Crippen LogP contribution in [0.2, 0.25) is 0 Å². The van der Waals surface area contributed by atoms with Crippen LogP contribution in [-0.2, 0) is 0 Å². The molecule has 0 saturated heterocycles. The van der Waals surface area contributed by atoms with Crippen LogP contribution in [0.4, 0.5) is 13.2 Å². The number of benzene rings is 1. The number of nitrogens with two attached hydrogens (primary N) is 1. The summed E-state index contributed by atoms with van der Waals surface area (Å²) in [6, 6.07) is 4.44. The fraction of sp³-hybridized carbons (Fsp3) is 0.500. The minimum atomic E-state index is -4.71. The molecule has 108 valence electrons. The van der Waals surface area contributed by atoms with Crippen molar-refractivity contribution in [3.8, 4) is 11.5 Å². The van der Waals surface area contributed by atoms with E-state index in [1.54, 1.807) is 19.1 Å². The van der Waals surface area contributed by atoms with Crippen LogP contribution < -0.4 is 15.2 Å². The molecule has 0 bridgehead atoms. The lowest BCUT2D eigenvalue weighted by atomic mass is 10.1. The number of halogens is 3. The zero-order valence-electron chi connectivity index (χ0n) is 10.6. The molecule has 4 nitrogen and oxygen atoms in total. The summed E-state index contributed by atoms with van der Waals surface area (Å²) in [5.74, 6) is 0.388. The summed E-state index contributed by atoms with van der Waals surface area (Å²) in [6.07, 6.45) is -7.25. The van der Waals surface area contributed by atoms with Gasteiger partial charge in [0.05, 0.1) is 7.11 Å². The van der Waals surface area contributed by atoms with Crippen LogP contribution in [0.3, 0.4) is 0 Å². The normalized spacial score (nSPS) is 14.9. The van der Waals surface area contributed by atoms with Gasteiger partial charge in [0.2, 0.25) is 0 Å². The first-order valence-corrected chi connectivity index (χ1v) is 5.56. The number of methoxy groups -OCH3 is 1. The third-order valence-corrected chi connectivity index (χ3v) is 2.49. The van der Waals surface area contributed by atoms with Gasteiger partial charge in [-0.2, -0.15) is 13.2 Å². The Morgan fingerprint density at radius 3 is 2.42 bits per heavy atom. The zero-order valence-corrected chi connectivity index (χ0v) is 10.6. The fourth-order valence-corrected chi connectivity index (χ4v) is 1.35. The molecule has 19 heavy (non-hydrogen) atoms. The molecule has 2 unspecified atom stereocenters. The summed E-state index contributed by atoms with van der Waals surface area (Å²) in [5, 5.41) is 8.84. The van der Waals surface area contributed by atoms with Crippen molar-refractivity contribution in [2.24, 2.45) is 5.73 Å². The molecule has 7 heteroatoms. The molecule has 0 aliphatic carbocycles. The Hall–Kier alpha value is -1.47.